The van der Waals surface area contributed by atoms with Crippen molar-refractivity contribution in [1.29, 1.82) is 0 Å². The Morgan fingerprint density at radius 3 is 2.03 bits per heavy atom. The molecule has 0 spiro atoms. The van der Waals surface area contributed by atoms with Crippen molar-refractivity contribution in [2.75, 3.05) is 19.0 Å². The van der Waals surface area contributed by atoms with Gasteiger partial charge in [0.15, 0.2) is 0 Å². The molecule has 14 heteroatoms. The van der Waals surface area contributed by atoms with Crippen LogP contribution in [0.2, 0.25) is 0 Å². The molecule has 1 aromatic rings. The van der Waals surface area contributed by atoms with Gasteiger partial charge in [-0.05, 0) is 17.7 Å². The minimum Gasteiger partial charge on any atom is -0.491 e. The van der Waals surface area contributed by atoms with Crippen molar-refractivity contribution in [2.45, 2.75) is 30.5 Å². The number of esters is 1. The van der Waals surface area contributed by atoms with Crippen molar-refractivity contribution in [2.24, 2.45) is 0 Å². The van der Waals surface area contributed by atoms with Crippen LogP contribution in [0.25, 0.3) is 0 Å². The molecule has 1 unspecified atom stereocenters. The highest BCUT2D eigenvalue weighted by Gasteiger charge is 2.75. The molecule has 1 aromatic carbocycles. The molecule has 0 bridgehead atoms. The highest BCUT2D eigenvalue weighted by Crippen LogP contribution is 2.47. The molecule has 1 aliphatic heterocycles. The van der Waals surface area contributed by atoms with E-state index < -0.39 is 46.2 Å². The van der Waals surface area contributed by atoms with E-state index in [2.05, 4.69) is 4.74 Å². The van der Waals surface area contributed by atoms with Crippen LogP contribution in [0.1, 0.15) is 5.56 Å². The molecule has 1 heterocycles. The van der Waals surface area contributed by atoms with Crippen molar-refractivity contribution in [3.8, 4) is 5.75 Å². The molecule has 1 N–H and O–H groups in total. The van der Waals surface area contributed by atoms with Crippen molar-refractivity contribution >= 4 is 16.1 Å². The lowest BCUT2D eigenvalue weighted by molar-refractivity contribution is -0.361. The summed E-state index contributed by atoms with van der Waals surface area (Å²) < 4.78 is 123. The summed E-state index contributed by atoms with van der Waals surface area (Å²) in [5.74, 6) is -4.60. The van der Waals surface area contributed by atoms with Gasteiger partial charge < -0.3 is 14.2 Å². The predicted molar refractivity (Wildman–Crippen MR) is 82.7 cm³/mol. The van der Waals surface area contributed by atoms with Gasteiger partial charge in [0.05, 0.1) is 13.0 Å². The summed E-state index contributed by atoms with van der Waals surface area (Å²) in [5.41, 5.74) is -5.44. The fraction of sp³-hybridized carbons (Fsp3) is 0.533. The number of alkyl halides is 6. The molecule has 1 atom stereocenters. The molecule has 0 amide bonds. The zero-order valence-electron chi connectivity index (χ0n) is 14.3. The Bertz CT molecular complexity index is 814. The molecule has 1 aliphatic rings. The maximum absolute atomic E-state index is 13.1. The Morgan fingerprint density at radius 2 is 1.62 bits per heavy atom. The largest absolute Gasteiger partial charge is 0.491 e. The third-order valence-corrected chi connectivity index (χ3v) is 4.47. The van der Waals surface area contributed by atoms with E-state index in [4.69, 9.17) is 14.0 Å². The quantitative estimate of drug-likeness (QED) is 0.280. The summed E-state index contributed by atoms with van der Waals surface area (Å²) in [6, 6.07) is 5.06. The van der Waals surface area contributed by atoms with Gasteiger partial charge in [-0.2, -0.15) is 34.8 Å². The Kier molecular flexibility index (Phi) is 6.40. The molecule has 0 aliphatic carbocycles. The van der Waals surface area contributed by atoms with Gasteiger partial charge in [-0.25, -0.2) is 0 Å². The Hall–Kier alpha value is -2.06. The van der Waals surface area contributed by atoms with Gasteiger partial charge in [-0.1, -0.05) is 12.1 Å². The van der Waals surface area contributed by atoms with Crippen molar-refractivity contribution in [1.82, 2.24) is 0 Å². The third-order valence-electron chi connectivity index (χ3n) is 3.70. The maximum Gasteiger partial charge on any atom is 0.438 e. The summed E-state index contributed by atoms with van der Waals surface area (Å²) in [6.07, 6.45) is -13.8. The van der Waals surface area contributed by atoms with Gasteiger partial charge >= 0.3 is 23.9 Å². The van der Waals surface area contributed by atoms with E-state index in [9.17, 15) is 39.6 Å². The number of rotatable bonds is 8. The average Bonchev–Trinajstić information content (AvgIpc) is 3.34. The fourth-order valence-corrected chi connectivity index (χ4v) is 3.08. The lowest BCUT2D eigenvalue weighted by Crippen LogP contribution is -2.63. The van der Waals surface area contributed by atoms with Crippen molar-refractivity contribution in [3.05, 3.63) is 29.8 Å². The number of ether oxygens (including phenoxy) is 3. The number of halogens is 6. The number of carbonyl (C=O) groups is 1. The summed E-state index contributed by atoms with van der Waals surface area (Å²) in [4.78, 5) is 11.8. The second kappa shape index (κ2) is 7.99. The Balaban J connectivity index is 2.16. The van der Waals surface area contributed by atoms with Gasteiger partial charge in [0.25, 0.3) is 10.1 Å². The van der Waals surface area contributed by atoms with E-state index in [-0.39, 0.29) is 18.3 Å². The number of carbonyl (C=O) groups excluding carboxylic acids is 1. The van der Waals surface area contributed by atoms with Crippen molar-refractivity contribution in [3.63, 3.8) is 0 Å². The van der Waals surface area contributed by atoms with E-state index in [0.29, 0.717) is 12.4 Å². The molecule has 1 fully saturated rings. The first-order chi connectivity index (χ1) is 13.1. The van der Waals surface area contributed by atoms with Crippen molar-refractivity contribution < 1.29 is 58.3 Å². The SMILES string of the molecule is O=C(Cc1ccc(OCC2CO2)cc1)OC(CS(=O)(=O)O)(C(F)(F)F)C(F)(F)F. The molecular formula is C15H14F6O7S. The first kappa shape index (κ1) is 23.2. The fourth-order valence-electron chi connectivity index (χ4n) is 2.18. The minimum absolute atomic E-state index is 0.0184. The normalized spacial score (nSPS) is 17.7. The standard InChI is InChI=1S/C15H14F6O7S/c16-14(17,18)13(15(19,20)21,8-29(23,24)25)28-12(22)5-9-1-3-10(4-2-9)26-6-11-7-27-11/h1-4,11H,5-8H2,(H,23,24,25). The molecule has 0 aromatic heterocycles. The molecule has 0 radical (unpaired) electrons. The lowest BCUT2D eigenvalue weighted by Gasteiger charge is -2.35. The first-order valence-corrected chi connectivity index (χ1v) is 9.38. The van der Waals surface area contributed by atoms with Crippen LogP contribution in [0.15, 0.2) is 24.3 Å². The lowest BCUT2D eigenvalue weighted by atomic mass is 10.1. The van der Waals surface area contributed by atoms with E-state index in [1.807, 2.05) is 0 Å². The van der Waals surface area contributed by atoms with Crippen LogP contribution in [0.4, 0.5) is 26.3 Å². The van der Waals surface area contributed by atoms with Gasteiger partial charge in [-0.15, -0.1) is 0 Å². The van der Waals surface area contributed by atoms with Gasteiger partial charge in [0, 0.05) is 0 Å². The number of benzene rings is 1. The van der Waals surface area contributed by atoms with E-state index >= 15 is 0 Å². The Labute approximate surface area is 160 Å². The van der Waals surface area contributed by atoms with Gasteiger partial charge in [-0.3, -0.25) is 9.35 Å². The Morgan fingerprint density at radius 1 is 1.10 bits per heavy atom. The summed E-state index contributed by atoms with van der Waals surface area (Å²) in [7, 11) is -5.82. The maximum atomic E-state index is 13.1. The van der Waals surface area contributed by atoms with Crippen LogP contribution >= 0.6 is 0 Å². The number of hydrogen-bond acceptors (Lipinski definition) is 6. The molecule has 1 saturated heterocycles. The third kappa shape index (κ3) is 6.21. The van der Waals surface area contributed by atoms with Crippen LogP contribution in [-0.4, -0.2) is 62.0 Å². The summed E-state index contributed by atoms with van der Waals surface area (Å²) >= 11 is 0. The second-order valence-corrected chi connectivity index (χ2v) is 7.56. The molecular weight excluding hydrogens is 438 g/mol. The molecule has 7 nitrogen and oxygen atoms in total. The predicted octanol–water partition coefficient (Wildman–Crippen LogP) is 2.30. The summed E-state index contributed by atoms with van der Waals surface area (Å²) in [6.45, 7) is 0.782. The zero-order valence-corrected chi connectivity index (χ0v) is 15.1. The van der Waals surface area contributed by atoms with Crippen LogP contribution < -0.4 is 4.74 Å². The topological polar surface area (TPSA) is 102 Å². The minimum atomic E-state index is -6.36. The smallest absolute Gasteiger partial charge is 0.438 e. The van der Waals surface area contributed by atoms with Gasteiger partial charge in [0.2, 0.25) is 0 Å². The number of epoxide rings is 1. The number of hydrogen-bond donors (Lipinski definition) is 1. The zero-order chi connectivity index (χ0) is 22.1. The monoisotopic (exact) mass is 452 g/mol. The van der Waals surface area contributed by atoms with E-state index in [1.165, 1.54) is 24.3 Å². The summed E-state index contributed by atoms with van der Waals surface area (Å²) in [5, 5.41) is 0. The first-order valence-electron chi connectivity index (χ1n) is 7.77. The van der Waals surface area contributed by atoms with Crippen LogP contribution in [0, 0.1) is 0 Å². The molecule has 29 heavy (non-hydrogen) atoms. The highest BCUT2D eigenvalue weighted by atomic mass is 32.2. The molecule has 2 rings (SSSR count). The second-order valence-electron chi connectivity index (χ2n) is 6.11. The van der Waals surface area contributed by atoms with Crippen LogP contribution in [0.5, 0.6) is 5.75 Å². The average molecular weight is 452 g/mol. The van der Waals surface area contributed by atoms with Gasteiger partial charge in [0.1, 0.15) is 24.2 Å². The highest BCUT2D eigenvalue weighted by molar-refractivity contribution is 7.85. The van der Waals surface area contributed by atoms with E-state index in [1.54, 1.807) is 0 Å². The van der Waals surface area contributed by atoms with Crippen LogP contribution in [-0.2, 0) is 30.8 Å². The molecule has 164 valence electrons. The van der Waals surface area contributed by atoms with E-state index in [0.717, 1.165) is 0 Å². The van der Waals surface area contributed by atoms with Crippen LogP contribution in [0.3, 0.4) is 0 Å². The molecule has 0 saturated carbocycles.